The van der Waals surface area contributed by atoms with Gasteiger partial charge in [-0.15, -0.1) is 23.2 Å². The average Bonchev–Trinajstić information content (AvgIpc) is 2.71. The van der Waals surface area contributed by atoms with Crippen molar-refractivity contribution in [3.05, 3.63) is 108 Å². The lowest BCUT2D eigenvalue weighted by atomic mass is 9.78. The van der Waals surface area contributed by atoms with E-state index in [2.05, 4.69) is 36.4 Å². The molecule has 0 amide bonds. The highest BCUT2D eigenvalue weighted by Crippen LogP contribution is 2.33. The predicted molar refractivity (Wildman–Crippen MR) is 108 cm³/mol. The Morgan fingerprint density at radius 1 is 0.640 bits per heavy atom. The Labute approximate surface area is 159 Å². The molecule has 3 aromatic rings. The highest BCUT2D eigenvalue weighted by molar-refractivity contribution is 6.40. The minimum absolute atomic E-state index is 0.194. The van der Waals surface area contributed by atoms with Crippen molar-refractivity contribution in [1.29, 1.82) is 0 Å². The summed E-state index contributed by atoms with van der Waals surface area (Å²) < 4.78 is 0. The lowest BCUT2D eigenvalue weighted by Gasteiger charge is -2.31. The molecule has 0 unspecified atom stereocenters. The van der Waals surface area contributed by atoms with Crippen molar-refractivity contribution in [1.82, 2.24) is 0 Å². The molecule has 0 aliphatic carbocycles. The number of rotatable bonds is 3. The number of aliphatic hydroxyl groups excluding tert-OH is 1. The van der Waals surface area contributed by atoms with Crippen LogP contribution in [-0.2, 0) is 5.54 Å². The van der Waals surface area contributed by atoms with E-state index in [-0.39, 0.29) is 5.34 Å². The fourth-order valence-corrected chi connectivity index (χ4v) is 2.60. The van der Waals surface area contributed by atoms with Gasteiger partial charge < -0.3 is 10.8 Å². The van der Waals surface area contributed by atoms with Crippen molar-refractivity contribution in [2.75, 3.05) is 12.4 Å². The van der Waals surface area contributed by atoms with Crippen LogP contribution >= 0.6 is 23.2 Å². The third-order valence-corrected chi connectivity index (χ3v) is 3.69. The minimum atomic E-state index is -0.621. The zero-order valence-electron chi connectivity index (χ0n) is 14.1. The number of halogens is 2. The summed E-state index contributed by atoms with van der Waals surface area (Å²) >= 11 is 9.53. The molecule has 3 rings (SSSR count). The maximum atomic E-state index is 7.00. The molecular formula is C21H23Cl2NO. The number of alkyl halides is 2. The molecule has 0 heterocycles. The molecule has 0 aliphatic heterocycles. The molecule has 0 atom stereocenters. The fourth-order valence-electron chi connectivity index (χ4n) is 2.60. The molecule has 3 N–H and O–H groups in total. The van der Waals surface area contributed by atoms with E-state index in [9.17, 15) is 0 Å². The van der Waals surface area contributed by atoms with Crippen molar-refractivity contribution in [2.45, 2.75) is 5.54 Å². The molecule has 0 fully saturated rings. The summed E-state index contributed by atoms with van der Waals surface area (Å²) in [4.78, 5) is 0. The van der Waals surface area contributed by atoms with Gasteiger partial charge in [-0.25, -0.2) is 0 Å². The molecule has 25 heavy (non-hydrogen) atoms. The van der Waals surface area contributed by atoms with Crippen molar-refractivity contribution in [3.63, 3.8) is 0 Å². The average molecular weight is 376 g/mol. The first-order valence-corrected chi connectivity index (χ1v) is 8.82. The van der Waals surface area contributed by atoms with Crippen LogP contribution in [-0.4, -0.2) is 17.6 Å². The SMILES string of the molecule is CO.ClCCl.NC(c1ccccc1)(c1ccccc1)c1ccccc1. The van der Waals surface area contributed by atoms with E-state index < -0.39 is 5.54 Å². The van der Waals surface area contributed by atoms with Gasteiger partial charge in [0.1, 0.15) is 0 Å². The summed E-state index contributed by atoms with van der Waals surface area (Å²) in [6.45, 7) is 0. The molecule has 0 saturated heterocycles. The molecule has 0 saturated carbocycles. The molecule has 4 heteroatoms. The van der Waals surface area contributed by atoms with E-state index >= 15 is 0 Å². The summed E-state index contributed by atoms with van der Waals surface area (Å²) in [5.74, 6) is 0. The van der Waals surface area contributed by atoms with Crippen LogP contribution in [0.1, 0.15) is 16.7 Å². The number of hydrogen-bond acceptors (Lipinski definition) is 2. The minimum Gasteiger partial charge on any atom is -0.400 e. The topological polar surface area (TPSA) is 46.2 Å². The smallest absolute Gasteiger partial charge is 0.0967 e. The predicted octanol–water partition coefficient (Wildman–Crippen LogP) is 4.97. The van der Waals surface area contributed by atoms with E-state index in [0.29, 0.717) is 0 Å². The van der Waals surface area contributed by atoms with Crippen molar-refractivity contribution >= 4 is 23.2 Å². The van der Waals surface area contributed by atoms with Crippen LogP contribution in [0.2, 0.25) is 0 Å². The molecule has 0 bridgehead atoms. The lowest BCUT2D eigenvalue weighted by Crippen LogP contribution is -2.39. The third-order valence-electron chi connectivity index (χ3n) is 3.69. The number of hydrogen-bond donors (Lipinski definition) is 2. The second-order valence-electron chi connectivity index (χ2n) is 5.01. The van der Waals surface area contributed by atoms with Gasteiger partial charge in [-0.3, -0.25) is 0 Å². The van der Waals surface area contributed by atoms with E-state index in [1.165, 1.54) is 0 Å². The quantitative estimate of drug-likeness (QED) is 0.501. The molecule has 0 spiro atoms. The second kappa shape index (κ2) is 11.7. The maximum absolute atomic E-state index is 7.00. The molecule has 0 aliphatic rings. The van der Waals surface area contributed by atoms with Gasteiger partial charge in [0.2, 0.25) is 0 Å². The first kappa shape index (κ1) is 21.2. The fraction of sp³-hybridized carbons (Fsp3) is 0.143. The molecule has 0 radical (unpaired) electrons. The largest absolute Gasteiger partial charge is 0.400 e. The Morgan fingerprint density at radius 3 is 1.04 bits per heavy atom. The Kier molecular flexibility index (Phi) is 9.90. The van der Waals surface area contributed by atoms with Gasteiger partial charge in [0.05, 0.1) is 10.9 Å². The van der Waals surface area contributed by atoms with Crippen molar-refractivity contribution in [2.24, 2.45) is 5.73 Å². The first-order valence-electron chi connectivity index (χ1n) is 7.75. The van der Waals surface area contributed by atoms with E-state index in [1.54, 1.807) is 0 Å². The summed E-state index contributed by atoms with van der Waals surface area (Å²) in [7, 11) is 1.00. The van der Waals surface area contributed by atoms with Gasteiger partial charge >= 0.3 is 0 Å². The van der Waals surface area contributed by atoms with Crippen LogP contribution in [0.4, 0.5) is 0 Å². The van der Waals surface area contributed by atoms with Crippen LogP contribution in [0.3, 0.4) is 0 Å². The standard InChI is InChI=1S/C19H17N.CH2Cl2.CH4O/c20-19(16-10-4-1-5-11-16,17-12-6-2-7-13-17)18-14-8-3-9-15-18;2-1-3;1-2/h1-15H,20H2;1H2;2H,1H3. The third kappa shape index (κ3) is 5.58. The Bertz CT molecular complexity index is 594. The van der Waals surface area contributed by atoms with Gasteiger partial charge in [-0.1, -0.05) is 91.0 Å². The van der Waals surface area contributed by atoms with E-state index in [4.69, 9.17) is 34.0 Å². The maximum Gasteiger partial charge on any atom is 0.0967 e. The Hall–Kier alpha value is -1.84. The highest BCUT2D eigenvalue weighted by Gasteiger charge is 2.31. The molecular weight excluding hydrogens is 353 g/mol. The molecule has 0 aromatic heterocycles. The van der Waals surface area contributed by atoms with Crippen LogP contribution < -0.4 is 5.73 Å². The molecule has 2 nitrogen and oxygen atoms in total. The Balaban J connectivity index is 0.000000567. The van der Waals surface area contributed by atoms with Crippen molar-refractivity contribution in [3.8, 4) is 0 Å². The summed E-state index contributed by atoms with van der Waals surface area (Å²) in [5, 5.41) is 7.19. The lowest BCUT2D eigenvalue weighted by molar-refractivity contribution is 0.399. The number of benzene rings is 3. The Morgan fingerprint density at radius 2 is 0.840 bits per heavy atom. The number of nitrogens with two attached hydrogens (primary N) is 1. The van der Waals surface area contributed by atoms with Crippen LogP contribution in [0.5, 0.6) is 0 Å². The summed E-state index contributed by atoms with van der Waals surface area (Å²) in [6, 6.07) is 30.7. The highest BCUT2D eigenvalue weighted by atomic mass is 35.5. The van der Waals surface area contributed by atoms with Gasteiger partial charge in [0.25, 0.3) is 0 Å². The second-order valence-corrected chi connectivity index (χ2v) is 5.82. The van der Waals surface area contributed by atoms with E-state index in [0.717, 1.165) is 23.8 Å². The summed E-state index contributed by atoms with van der Waals surface area (Å²) in [6.07, 6.45) is 0. The van der Waals surface area contributed by atoms with Gasteiger partial charge in [0, 0.05) is 7.11 Å². The van der Waals surface area contributed by atoms with E-state index in [1.807, 2.05) is 54.6 Å². The van der Waals surface area contributed by atoms with Gasteiger partial charge in [0.15, 0.2) is 0 Å². The van der Waals surface area contributed by atoms with Crippen molar-refractivity contribution < 1.29 is 5.11 Å². The monoisotopic (exact) mass is 375 g/mol. The molecule has 3 aromatic carbocycles. The van der Waals surface area contributed by atoms with Gasteiger partial charge in [-0.2, -0.15) is 0 Å². The summed E-state index contributed by atoms with van der Waals surface area (Å²) in [5.41, 5.74) is 9.53. The number of aliphatic hydroxyl groups is 1. The van der Waals surface area contributed by atoms with Crippen LogP contribution in [0, 0.1) is 0 Å². The first-order chi connectivity index (χ1) is 12.2. The van der Waals surface area contributed by atoms with Gasteiger partial charge in [-0.05, 0) is 16.7 Å². The molecule has 132 valence electrons. The zero-order chi connectivity index (χ0) is 18.5. The van der Waals surface area contributed by atoms with Crippen LogP contribution in [0.25, 0.3) is 0 Å². The van der Waals surface area contributed by atoms with Crippen LogP contribution in [0.15, 0.2) is 91.0 Å². The normalized spacial score (nSPS) is 9.96. The zero-order valence-corrected chi connectivity index (χ0v) is 15.7.